The van der Waals surface area contributed by atoms with Crippen molar-refractivity contribution in [3.63, 3.8) is 0 Å². The molecular weight excluding hydrogens is 396 g/mol. The van der Waals surface area contributed by atoms with Gasteiger partial charge in [-0.1, -0.05) is 29.8 Å². The van der Waals surface area contributed by atoms with Gasteiger partial charge in [0.1, 0.15) is 0 Å². The van der Waals surface area contributed by atoms with Gasteiger partial charge in [0, 0.05) is 69.5 Å². The molecule has 3 aromatic rings. The number of fused-ring (bicyclic) bond motifs is 1. The Morgan fingerprint density at radius 2 is 1.53 bits per heavy atom. The smallest absolute Gasteiger partial charge is 0.255 e. The molecule has 0 spiro atoms. The van der Waals surface area contributed by atoms with Crippen molar-refractivity contribution in [2.75, 3.05) is 31.1 Å². The third kappa shape index (κ3) is 4.26. The van der Waals surface area contributed by atoms with Crippen molar-refractivity contribution in [2.24, 2.45) is 0 Å². The summed E-state index contributed by atoms with van der Waals surface area (Å²) in [5.74, 6) is 0.159. The van der Waals surface area contributed by atoms with Gasteiger partial charge in [-0.05, 0) is 60.4 Å². The van der Waals surface area contributed by atoms with Crippen LogP contribution in [0, 0.1) is 13.8 Å². The molecule has 164 valence electrons. The van der Waals surface area contributed by atoms with Gasteiger partial charge in [0.15, 0.2) is 0 Å². The molecular formula is C27H30N4O. The molecule has 0 radical (unpaired) electrons. The number of aromatic nitrogens is 1. The number of rotatable bonds is 5. The third-order valence-corrected chi connectivity index (χ3v) is 6.65. The summed E-state index contributed by atoms with van der Waals surface area (Å²) in [5, 5.41) is 0. The first-order valence-electron chi connectivity index (χ1n) is 11.4. The van der Waals surface area contributed by atoms with Crippen LogP contribution in [0.15, 0.2) is 60.9 Å². The number of hydrogen-bond acceptors (Lipinski definition) is 4. The number of aryl methyl sites for hydroxylation is 2. The highest BCUT2D eigenvalue weighted by Crippen LogP contribution is 2.32. The molecule has 2 aliphatic heterocycles. The van der Waals surface area contributed by atoms with E-state index in [1.807, 2.05) is 17.3 Å². The fourth-order valence-corrected chi connectivity index (χ4v) is 4.84. The molecule has 0 bridgehead atoms. The number of piperazine rings is 1. The predicted molar refractivity (Wildman–Crippen MR) is 128 cm³/mol. The van der Waals surface area contributed by atoms with Crippen molar-refractivity contribution in [1.29, 1.82) is 0 Å². The molecule has 5 nitrogen and oxygen atoms in total. The standard InChI is InChI=1S/C27H30N4O/c1-20-3-5-22(6-4-20)18-31-19-24-16-25(15-21(2)26(24)27(31)32)30-13-11-29(12-14-30)17-23-7-9-28-10-8-23/h3-10,15-16H,11-14,17-19H2,1-2H3. The van der Waals surface area contributed by atoms with Gasteiger partial charge in [-0.15, -0.1) is 0 Å². The lowest BCUT2D eigenvalue weighted by atomic mass is 10.0. The van der Waals surface area contributed by atoms with Crippen molar-refractivity contribution >= 4 is 11.6 Å². The molecule has 3 heterocycles. The molecule has 1 saturated heterocycles. The van der Waals surface area contributed by atoms with Gasteiger partial charge in [0.2, 0.25) is 0 Å². The summed E-state index contributed by atoms with van der Waals surface area (Å²) in [6.45, 7) is 10.6. The number of anilines is 1. The number of pyridine rings is 1. The van der Waals surface area contributed by atoms with Gasteiger partial charge < -0.3 is 9.80 Å². The van der Waals surface area contributed by atoms with Crippen molar-refractivity contribution in [3.8, 4) is 0 Å². The summed E-state index contributed by atoms with van der Waals surface area (Å²) in [7, 11) is 0. The van der Waals surface area contributed by atoms with Crippen LogP contribution < -0.4 is 4.90 Å². The second-order valence-electron chi connectivity index (χ2n) is 9.06. The maximum absolute atomic E-state index is 13.1. The number of benzene rings is 2. The van der Waals surface area contributed by atoms with Crippen LogP contribution in [0.5, 0.6) is 0 Å². The Morgan fingerprint density at radius 3 is 2.25 bits per heavy atom. The summed E-state index contributed by atoms with van der Waals surface area (Å²) in [4.78, 5) is 24.1. The van der Waals surface area contributed by atoms with Gasteiger partial charge >= 0.3 is 0 Å². The van der Waals surface area contributed by atoms with E-state index >= 15 is 0 Å². The topological polar surface area (TPSA) is 39.7 Å². The van der Waals surface area contributed by atoms with Crippen molar-refractivity contribution in [1.82, 2.24) is 14.8 Å². The van der Waals surface area contributed by atoms with E-state index < -0.39 is 0 Å². The summed E-state index contributed by atoms with van der Waals surface area (Å²) >= 11 is 0. The SMILES string of the molecule is Cc1ccc(CN2Cc3cc(N4CCN(Cc5ccncc5)CC4)cc(C)c3C2=O)cc1. The molecule has 1 fully saturated rings. The van der Waals surface area contributed by atoms with E-state index in [0.29, 0.717) is 13.1 Å². The molecule has 2 aliphatic rings. The zero-order valence-electron chi connectivity index (χ0n) is 18.9. The Morgan fingerprint density at radius 1 is 0.844 bits per heavy atom. The summed E-state index contributed by atoms with van der Waals surface area (Å²) in [5.41, 5.74) is 8.14. The van der Waals surface area contributed by atoms with Crippen LogP contribution >= 0.6 is 0 Å². The number of carbonyl (C=O) groups is 1. The Hall–Kier alpha value is -3.18. The Bertz CT molecular complexity index is 1100. The minimum absolute atomic E-state index is 0.159. The lowest BCUT2D eigenvalue weighted by Gasteiger charge is -2.36. The monoisotopic (exact) mass is 426 g/mol. The van der Waals surface area contributed by atoms with Gasteiger partial charge in [-0.2, -0.15) is 0 Å². The summed E-state index contributed by atoms with van der Waals surface area (Å²) < 4.78 is 0. The molecule has 0 unspecified atom stereocenters. The number of hydrogen-bond donors (Lipinski definition) is 0. The quantitative estimate of drug-likeness (QED) is 0.614. The van der Waals surface area contributed by atoms with Crippen LogP contribution in [-0.2, 0) is 19.6 Å². The van der Waals surface area contributed by atoms with Crippen LogP contribution in [0.4, 0.5) is 5.69 Å². The van der Waals surface area contributed by atoms with Crippen LogP contribution in [0.25, 0.3) is 0 Å². The second-order valence-corrected chi connectivity index (χ2v) is 9.06. The van der Waals surface area contributed by atoms with Crippen molar-refractivity contribution < 1.29 is 4.79 Å². The predicted octanol–water partition coefficient (Wildman–Crippen LogP) is 4.18. The summed E-state index contributed by atoms with van der Waals surface area (Å²) in [6.07, 6.45) is 3.73. The van der Waals surface area contributed by atoms with E-state index in [2.05, 4.69) is 77.2 Å². The maximum atomic E-state index is 13.1. The molecule has 1 aromatic heterocycles. The first kappa shape index (κ1) is 20.7. The van der Waals surface area contributed by atoms with E-state index in [9.17, 15) is 4.79 Å². The maximum Gasteiger partial charge on any atom is 0.255 e. The molecule has 0 N–H and O–H groups in total. The van der Waals surface area contributed by atoms with Crippen LogP contribution in [-0.4, -0.2) is 46.9 Å². The third-order valence-electron chi connectivity index (χ3n) is 6.65. The Balaban J connectivity index is 1.26. The fourth-order valence-electron chi connectivity index (χ4n) is 4.84. The van der Waals surface area contributed by atoms with Crippen molar-refractivity contribution in [3.05, 3.63) is 94.3 Å². The molecule has 0 saturated carbocycles. The fraction of sp³-hybridized carbons (Fsp3) is 0.333. The lowest BCUT2D eigenvalue weighted by Crippen LogP contribution is -2.46. The number of carbonyl (C=O) groups excluding carboxylic acids is 1. The Kier molecular flexibility index (Phi) is 5.66. The van der Waals surface area contributed by atoms with Gasteiger partial charge in [-0.25, -0.2) is 0 Å². The van der Waals surface area contributed by atoms with Gasteiger partial charge in [0.05, 0.1) is 0 Å². The van der Waals surface area contributed by atoms with E-state index in [-0.39, 0.29) is 5.91 Å². The molecule has 5 heteroatoms. The van der Waals surface area contributed by atoms with Gasteiger partial charge in [-0.3, -0.25) is 14.7 Å². The number of nitrogens with zero attached hydrogens (tertiary/aromatic N) is 4. The zero-order chi connectivity index (χ0) is 22.1. The molecule has 1 amide bonds. The van der Waals surface area contributed by atoms with E-state index in [4.69, 9.17) is 0 Å². The van der Waals surface area contributed by atoms with Crippen molar-refractivity contribution in [2.45, 2.75) is 33.5 Å². The molecule has 32 heavy (non-hydrogen) atoms. The molecule has 0 atom stereocenters. The van der Waals surface area contributed by atoms with Crippen LogP contribution in [0.2, 0.25) is 0 Å². The van der Waals surface area contributed by atoms with Crippen LogP contribution in [0.1, 0.15) is 38.2 Å². The Labute approximate surface area is 190 Å². The highest BCUT2D eigenvalue weighted by atomic mass is 16.2. The first-order chi connectivity index (χ1) is 15.6. The molecule has 0 aliphatic carbocycles. The molecule has 2 aromatic carbocycles. The summed E-state index contributed by atoms with van der Waals surface area (Å²) in [6, 6.07) is 17.1. The lowest BCUT2D eigenvalue weighted by molar-refractivity contribution is 0.0766. The first-order valence-corrected chi connectivity index (χ1v) is 11.4. The number of amides is 1. The molecule has 5 rings (SSSR count). The normalized spacial score (nSPS) is 16.5. The van der Waals surface area contributed by atoms with Crippen LogP contribution in [0.3, 0.4) is 0 Å². The van der Waals surface area contributed by atoms with Gasteiger partial charge in [0.25, 0.3) is 5.91 Å². The van der Waals surface area contributed by atoms with E-state index in [1.54, 1.807) is 0 Å². The average Bonchev–Trinajstić information content (AvgIpc) is 3.12. The van der Waals surface area contributed by atoms with E-state index in [1.165, 1.54) is 22.4 Å². The minimum Gasteiger partial charge on any atom is -0.369 e. The second kappa shape index (κ2) is 8.75. The minimum atomic E-state index is 0.159. The zero-order valence-corrected chi connectivity index (χ0v) is 18.9. The highest BCUT2D eigenvalue weighted by Gasteiger charge is 2.30. The largest absolute Gasteiger partial charge is 0.369 e. The highest BCUT2D eigenvalue weighted by molar-refractivity contribution is 6.00. The van der Waals surface area contributed by atoms with E-state index in [0.717, 1.165) is 49.4 Å². The average molecular weight is 427 g/mol.